The van der Waals surface area contributed by atoms with Crippen LogP contribution in [0.2, 0.25) is 0 Å². The molecular weight excluding hydrogens is 472 g/mol. The highest BCUT2D eigenvalue weighted by Gasteiger charge is 2.39. The topological polar surface area (TPSA) is 120 Å². The molecule has 2 heterocycles. The van der Waals surface area contributed by atoms with Crippen LogP contribution in [0.1, 0.15) is 41.0 Å². The largest absolute Gasteiger partial charge is 0.344 e. The van der Waals surface area contributed by atoms with E-state index in [1.165, 1.54) is 11.8 Å². The molecule has 0 saturated carbocycles. The average Bonchev–Trinajstić information content (AvgIpc) is 3.29. The van der Waals surface area contributed by atoms with Gasteiger partial charge in [0.15, 0.2) is 0 Å². The van der Waals surface area contributed by atoms with Crippen molar-refractivity contribution in [3.63, 3.8) is 0 Å². The van der Waals surface area contributed by atoms with Gasteiger partial charge in [0, 0.05) is 11.9 Å². The van der Waals surface area contributed by atoms with E-state index in [2.05, 4.69) is 15.6 Å². The van der Waals surface area contributed by atoms with E-state index in [-0.39, 0.29) is 11.8 Å². The zero-order valence-electron chi connectivity index (χ0n) is 20.2. The van der Waals surface area contributed by atoms with E-state index in [0.717, 1.165) is 4.21 Å². The summed E-state index contributed by atoms with van der Waals surface area (Å²) in [6.45, 7) is 9.51. The Morgan fingerprint density at radius 3 is 2.32 bits per heavy atom. The molecule has 4 N–H and O–H groups in total. The molecule has 2 rings (SSSR count). The minimum absolute atomic E-state index is 0.118. The van der Waals surface area contributed by atoms with E-state index in [1.54, 1.807) is 41.2 Å². The van der Waals surface area contributed by atoms with Gasteiger partial charge in [-0.3, -0.25) is 19.6 Å². The number of pyridine rings is 1. The number of carbonyl (C=O) groups excluding carboxylic acids is 3. The zero-order valence-corrected chi connectivity index (χ0v) is 21.8. The summed E-state index contributed by atoms with van der Waals surface area (Å²) < 4.78 is 1.02. The van der Waals surface area contributed by atoms with Crippen molar-refractivity contribution in [3.05, 3.63) is 41.9 Å². The maximum Gasteiger partial charge on any atom is 0.248 e. The quantitative estimate of drug-likeness (QED) is 0.206. The Morgan fingerprint density at radius 1 is 1.06 bits per heavy atom. The maximum absolute atomic E-state index is 13.5. The molecule has 186 valence electrons. The maximum atomic E-state index is 13.5. The van der Waals surface area contributed by atoms with Crippen molar-refractivity contribution in [2.45, 2.75) is 51.3 Å². The van der Waals surface area contributed by atoms with E-state index in [1.807, 2.05) is 52.1 Å². The van der Waals surface area contributed by atoms with Crippen LogP contribution in [-0.4, -0.2) is 39.7 Å². The second-order valence-electron chi connectivity index (χ2n) is 9.57. The molecular formula is C24H34N4O4S2. The predicted octanol–water partition coefficient (Wildman–Crippen LogP) is 4.19. The van der Waals surface area contributed by atoms with Crippen LogP contribution >= 0.6 is 23.1 Å². The molecule has 0 bridgehead atoms. The Kier molecular flexibility index (Phi) is 10.5. The molecule has 3 amide bonds. The third-order valence-electron chi connectivity index (χ3n) is 5.23. The van der Waals surface area contributed by atoms with E-state index in [0.29, 0.717) is 18.0 Å². The number of hydroxylamine groups is 1. The molecule has 0 radical (unpaired) electrons. The van der Waals surface area contributed by atoms with Crippen molar-refractivity contribution in [3.8, 4) is 0 Å². The molecule has 2 aromatic rings. The first-order valence-corrected chi connectivity index (χ1v) is 13.0. The van der Waals surface area contributed by atoms with Crippen LogP contribution in [0, 0.1) is 23.2 Å². The van der Waals surface area contributed by atoms with E-state index < -0.39 is 35.1 Å². The first-order chi connectivity index (χ1) is 16.0. The van der Waals surface area contributed by atoms with Crippen molar-refractivity contribution in [1.29, 1.82) is 0 Å². The highest BCUT2D eigenvalue weighted by atomic mass is 32.2. The molecule has 0 aliphatic heterocycles. The molecule has 0 fully saturated rings. The van der Waals surface area contributed by atoms with Gasteiger partial charge in [0.1, 0.15) is 11.9 Å². The number of thioether (sulfide) groups is 1. The van der Waals surface area contributed by atoms with Gasteiger partial charge in [0.25, 0.3) is 0 Å². The number of rotatable bonds is 11. The molecule has 0 saturated heterocycles. The smallest absolute Gasteiger partial charge is 0.248 e. The number of amides is 3. The van der Waals surface area contributed by atoms with Crippen LogP contribution in [-0.2, 0) is 14.4 Å². The number of anilines is 1. The van der Waals surface area contributed by atoms with Crippen molar-refractivity contribution in [2.75, 3.05) is 11.1 Å². The Balaban J connectivity index is 2.26. The highest BCUT2D eigenvalue weighted by molar-refractivity contribution is 8.01. The molecule has 34 heavy (non-hydrogen) atoms. The van der Waals surface area contributed by atoms with Crippen LogP contribution in [0.15, 0.2) is 46.1 Å². The summed E-state index contributed by atoms with van der Waals surface area (Å²) in [7, 11) is 0. The summed E-state index contributed by atoms with van der Waals surface area (Å²) in [5.41, 5.74) is 1.13. The molecule has 2 aromatic heterocycles. The molecule has 0 aliphatic carbocycles. The molecule has 0 unspecified atom stereocenters. The van der Waals surface area contributed by atoms with E-state index in [9.17, 15) is 19.6 Å². The van der Waals surface area contributed by atoms with Crippen molar-refractivity contribution in [2.24, 2.45) is 23.2 Å². The summed E-state index contributed by atoms with van der Waals surface area (Å²) in [6, 6.07) is 8.17. The van der Waals surface area contributed by atoms with Gasteiger partial charge in [-0.15, -0.1) is 23.1 Å². The minimum Gasteiger partial charge on any atom is -0.344 e. The predicted molar refractivity (Wildman–Crippen MR) is 136 cm³/mol. The van der Waals surface area contributed by atoms with Crippen molar-refractivity contribution < 1.29 is 19.6 Å². The zero-order chi connectivity index (χ0) is 25.3. The molecule has 10 heteroatoms. The number of nitrogens with zero attached hydrogens (tertiary/aromatic N) is 1. The third-order valence-corrected chi connectivity index (χ3v) is 7.48. The highest BCUT2D eigenvalue weighted by Crippen LogP contribution is 2.31. The second kappa shape index (κ2) is 12.9. The SMILES string of the molecule is CC(C)C[C@@H](C(=O)N[C@H](C(=O)Nc1ccccn1)C(C)(C)C)[C@H](CSc1cccs1)C(=O)NO. The van der Waals surface area contributed by atoms with Gasteiger partial charge in [0.2, 0.25) is 17.7 Å². The fourth-order valence-corrected chi connectivity index (χ4v) is 5.49. The lowest BCUT2D eigenvalue weighted by molar-refractivity contribution is -0.141. The fourth-order valence-electron chi connectivity index (χ4n) is 3.50. The summed E-state index contributed by atoms with van der Waals surface area (Å²) in [6.07, 6.45) is 2.00. The summed E-state index contributed by atoms with van der Waals surface area (Å²) in [4.78, 5) is 43.4. The number of carbonyl (C=O) groups is 3. The first-order valence-electron chi connectivity index (χ1n) is 11.2. The number of nitrogens with one attached hydrogen (secondary N) is 3. The van der Waals surface area contributed by atoms with Gasteiger partial charge in [-0.05, 0) is 41.3 Å². The Bertz CT molecular complexity index is 930. The monoisotopic (exact) mass is 506 g/mol. The van der Waals surface area contributed by atoms with Gasteiger partial charge in [-0.1, -0.05) is 46.8 Å². The van der Waals surface area contributed by atoms with Gasteiger partial charge in [-0.25, -0.2) is 10.5 Å². The van der Waals surface area contributed by atoms with Crippen molar-refractivity contribution >= 4 is 46.6 Å². The van der Waals surface area contributed by atoms with Gasteiger partial charge >= 0.3 is 0 Å². The molecule has 3 atom stereocenters. The minimum atomic E-state index is -0.862. The Labute approximate surface area is 209 Å². The van der Waals surface area contributed by atoms with Crippen LogP contribution < -0.4 is 16.1 Å². The summed E-state index contributed by atoms with van der Waals surface area (Å²) in [5, 5.41) is 17.0. The lowest BCUT2D eigenvalue weighted by atomic mass is 9.82. The summed E-state index contributed by atoms with van der Waals surface area (Å²) >= 11 is 3.01. The molecule has 0 aromatic carbocycles. The van der Waals surface area contributed by atoms with Gasteiger partial charge in [0.05, 0.1) is 16.0 Å². The van der Waals surface area contributed by atoms with Crippen LogP contribution in [0.25, 0.3) is 0 Å². The van der Waals surface area contributed by atoms with Crippen molar-refractivity contribution in [1.82, 2.24) is 15.8 Å². The van der Waals surface area contributed by atoms with Gasteiger partial charge in [-0.2, -0.15) is 0 Å². The van der Waals surface area contributed by atoms with Gasteiger partial charge < -0.3 is 10.6 Å². The third kappa shape index (κ3) is 8.41. The number of hydrogen-bond acceptors (Lipinski definition) is 7. The first kappa shape index (κ1) is 27.8. The molecule has 8 nitrogen and oxygen atoms in total. The number of hydrogen-bond donors (Lipinski definition) is 4. The summed E-state index contributed by atoms with van der Waals surface area (Å²) in [5.74, 6) is -2.09. The lowest BCUT2D eigenvalue weighted by Gasteiger charge is -2.33. The second-order valence-corrected chi connectivity index (χ2v) is 11.8. The van der Waals surface area contributed by atoms with E-state index in [4.69, 9.17) is 0 Å². The Hall–Kier alpha value is -2.43. The lowest BCUT2D eigenvalue weighted by Crippen LogP contribution is -2.54. The fraction of sp³-hybridized carbons (Fsp3) is 0.500. The Morgan fingerprint density at radius 2 is 1.79 bits per heavy atom. The van der Waals surface area contributed by atoms with E-state index >= 15 is 0 Å². The standard InChI is InChI=1S/C24H34N4O4S2/c1-15(2)13-16(17(22(30)28-32)14-34-19-10-8-12-33-19)21(29)27-20(24(3,4)5)23(31)26-18-9-6-7-11-25-18/h6-12,15-17,20,32H,13-14H2,1-5H3,(H,27,29)(H,28,30)(H,25,26,31)/t16-,17+,20-/m1/s1. The van der Waals surface area contributed by atoms with Crippen LogP contribution in [0.4, 0.5) is 5.82 Å². The molecule has 0 spiro atoms. The normalized spacial score (nSPS) is 14.2. The number of aromatic nitrogens is 1. The van der Waals surface area contributed by atoms with Crippen LogP contribution in [0.5, 0.6) is 0 Å². The van der Waals surface area contributed by atoms with Crippen LogP contribution in [0.3, 0.4) is 0 Å². The number of thiophene rings is 1. The average molecular weight is 507 g/mol. The molecule has 0 aliphatic rings.